The smallest absolute Gasteiger partial charge is 0.246 e. The fraction of sp³-hybridized carbons (Fsp3) is 0.263. The number of carbonyl (C=O) groups is 2. The Morgan fingerprint density at radius 1 is 1.12 bits per heavy atom. The first-order valence-electron chi connectivity index (χ1n) is 8.37. The maximum atomic E-state index is 12.4. The SMILES string of the molecule is COc1cc([C@@H]2NN(Cc3ccccc3)[C@@H]3C(=O)NC(=O)[C@H]32)ccc1O. The highest BCUT2D eigenvalue weighted by atomic mass is 16.5. The predicted molar refractivity (Wildman–Crippen MR) is 92.9 cm³/mol. The number of fused-ring (bicyclic) bond motifs is 1. The van der Waals surface area contributed by atoms with Crippen molar-refractivity contribution in [2.75, 3.05) is 7.11 Å². The molecule has 2 aromatic carbocycles. The number of phenolic OH excluding ortho intramolecular Hbond substituents is 1. The van der Waals surface area contributed by atoms with E-state index in [2.05, 4.69) is 10.7 Å². The van der Waals surface area contributed by atoms with Gasteiger partial charge in [-0.1, -0.05) is 36.4 Å². The monoisotopic (exact) mass is 353 g/mol. The zero-order valence-electron chi connectivity index (χ0n) is 14.2. The lowest BCUT2D eigenvalue weighted by atomic mass is 9.90. The number of rotatable bonds is 4. The summed E-state index contributed by atoms with van der Waals surface area (Å²) in [5, 5.41) is 14.1. The summed E-state index contributed by atoms with van der Waals surface area (Å²) < 4.78 is 5.17. The number of benzene rings is 2. The number of amides is 2. The molecule has 2 fully saturated rings. The van der Waals surface area contributed by atoms with Gasteiger partial charge in [-0.05, 0) is 23.3 Å². The number of methoxy groups -OCH3 is 1. The van der Waals surface area contributed by atoms with Gasteiger partial charge in [0.15, 0.2) is 11.5 Å². The molecular weight excluding hydrogens is 334 g/mol. The van der Waals surface area contributed by atoms with E-state index < -0.39 is 12.0 Å². The average Bonchev–Trinajstić information content (AvgIpc) is 3.16. The summed E-state index contributed by atoms with van der Waals surface area (Å²) >= 11 is 0. The molecule has 3 N–H and O–H groups in total. The molecule has 0 radical (unpaired) electrons. The first-order valence-corrected chi connectivity index (χ1v) is 8.37. The van der Waals surface area contributed by atoms with Crippen molar-refractivity contribution in [2.45, 2.75) is 18.6 Å². The van der Waals surface area contributed by atoms with Crippen LogP contribution in [0.4, 0.5) is 0 Å². The first-order chi connectivity index (χ1) is 12.6. The van der Waals surface area contributed by atoms with E-state index in [1.54, 1.807) is 12.1 Å². The molecule has 2 aliphatic heterocycles. The minimum atomic E-state index is -0.576. The topological polar surface area (TPSA) is 90.9 Å². The Kier molecular flexibility index (Phi) is 4.10. The summed E-state index contributed by atoms with van der Waals surface area (Å²) in [7, 11) is 1.47. The third-order valence-corrected chi connectivity index (χ3v) is 4.92. The molecule has 134 valence electrons. The van der Waals surface area contributed by atoms with E-state index in [4.69, 9.17) is 4.74 Å². The molecule has 2 heterocycles. The van der Waals surface area contributed by atoms with Gasteiger partial charge in [-0.25, -0.2) is 10.4 Å². The minimum Gasteiger partial charge on any atom is -0.504 e. The number of phenols is 1. The number of hydrogen-bond donors (Lipinski definition) is 3. The highest BCUT2D eigenvalue weighted by Gasteiger charge is 2.54. The fourth-order valence-corrected chi connectivity index (χ4v) is 3.69. The van der Waals surface area contributed by atoms with Crippen LogP contribution in [0.2, 0.25) is 0 Å². The molecular formula is C19H19N3O4. The second-order valence-corrected chi connectivity index (χ2v) is 6.48. The summed E-state index contributed by atoms with van der Waals surface area (Å²) in [5.41, 5.74) is 5.11. The molecule has 0 unspecified atom stereocenters. The standard InChI is InChI=1S/C19H19N3O4/c1-26-14-9-12(7-8-13(14)23)16-15-17(19(25)20-18(15)24)22(21-16)10-11-5-3-2-4-6-11/h2-9,15-17,21,23H,10H2,1H3,(H,20,24,25)/t15-,16-,17-/m0/s1. The van der Waals surface area contributed by atoms with Gasteiger partial charge in [-0.3, -0.25) is 14.9 Å². The fourth-order valence-electron chi connectivity index (χ4n) is 3.69. The molecule has 2 saturated heterocycles. The lowest BCUT2D eigenvalue weighted by Crippen LogP contribution is -2.43. The van der Waals surface area contributed by atoms with Gasteiger partial charge in [0.2, 0.25) is 11.8 Å². The van der Waals surface area contributed by atoms with Gasteiger partial charge in [0, 0.05) is 6.54 Å². The van der Waals surface area contributed by atoms with E-state index in [1.165, 1.54) is 13.2 Å². The van der Waals surface area contributed by atoms with Crippen LogP contribution in [0, 0.1) is 5.92 Å². The van der Waals surface area contributed by atoms with Crippen molar-refractivity contribution in [1.82, 2.24) is 15.8 Å². The van der Waals surface area contributed by atoms with Crippen LogP contribution in [0.15, 0.2) is 48.5 Å². The second kappa shape index (κ2) is 6.44. The predicted octanol–water partition coefficient (Wildman–Crippen LogP) is 1.10. The van der Waals surface area contributed by atoms with Gasteiger partial charge in [0.05, 0.1) is 19.1 Å². The molecule has 0 aromatic heterocycles. The highest BCUT2D eigenvalue weighted by Crippen LogP contribution is 2.39. The largest absolute Gasteiger partial charge is 0.504 e. The van der Waals surface area contributed by atoms with Crippen LogP contribution >= 0.6 is 0 Å². The maximum absolute atomic E-state index is 12.4. The Morgan fingerprint density at radius 2 is 1.88 bits per heavy atom. The van der Waals surface area contributed by atoms with Gasteiger partial charge in [-0.2, -0.15) is 0 Å². The summed E-state index contributed by atoms with van der Waals surface area (Å²) in [5.74, 6) is -0.775. The third-order valence-electron chi connectivity index (χ3n) is 4.92. The molecule has 2 aromatic rings. The molecule has 7 nitrogen and oxygen atoms in total. The minimum absolute atomic E-state index is 0.0267. The van der Waals surface area contributed by atoms with E-state index in [0.717, 1.165) is 11.1 Å². The van der Waals surface area contributed by atoms with Crippen LogP contribution in [0.25, 0.3) is 0 Å². The number of imide groups is 1. The number of carbonyl (C=O) groups excluding carboxylic acids is 2. The summed E-state index contributed by atoms with van der Waals surface area (Å²) in [4.78, 5) is 24.7. The summed E-state index contributed by atoms with van der Waals surface area (Å²) in [6.45, 7) is 0.494. The lowest BCUT2D eigenvalue weighted by Gasteiger charge is -2.22. The molecule has 26 heavy (non-hydrogen) atoms. The molecule has 0 bridgehead atoms. The molecule has 2 aliphatic rings. The van der Waals surface area contributed by atoms with Gasteiger partial charge in [-0.15, -0.1) is 0 Å². The number of nitrogens with one attached hydrogen (secondary N) is 2. The number of hydrogen-bond acceptors (Lipinski definition) is 6. The second-order valence-electron chi connectivity index (χ2n) is 6.48. The Hall–Kier alpha value is -2.90. The van der Waals surface area contributed by atoms with Crippen molar-refractivity contribution in [3.63, 3.8) is 0 Å². The zero-order chi connectivity index (χ0) is 18.3. The quantitative estimate of drug-likeness (QED) is 0.713. The summed E-state index contributed by atoms with van der Waals surface area (Å²) in [6.07, 6.45) is 0. The highest BCUT2D eigenvalue weighted by molar-refractivity contribution is 6.07. The van der Waals surface area contributed by atoms with Crippen molar-refractivity contribution in [1.29, 1.82) is 0 Å². The van der Waals surface area contributed by atoms with E-state index in [-0.39, 0.29) is 23.6 Å². The van der Waals surface area contributed by atoms with Crippen molar-refractivity contribution in [3.05, 3.63) is 59.7 Å². The molecule has 0 spiro atoms. The van der Waals surface area contributed by atoms with Gasteiger partial charge in [0.25, 0.3) is 0 Å². The Balaban J connectivity index is 1.67. The summed E-state index contributed by atoms with van der Waals surface area (Å²) in [6, 6.07) is 13.7. The van der Waals surface area contributed by atoms with Gasteiger partial charge in [0.1, 0.15) is 6.04 Å². The number of aromatic hydroxyl groups is 1. The number of hydrazine groups is 1. The van der Waals surface area contributed by atoms with Crippen LogP contribution in [0.1, 0.15) is 17.2 Å². The van der Waals surface area contributed by atoms with Gasteiger partial charge < -0.3 is 9.84 Å². The lowest BCUT2D eigenvalue weighted by molar-refractivity contribution is -0.127. The third kappa shape index (κ3) is 2.71. The Bertz CT molecular complexity index is 855. The van der Waals surface area contributed by atoms with E-state index in [1.807, 2.05) is 35.3 Å². The number of ether oxygens (including phenoxy) is 1. The van der Waals surface area contributed by atoms with Crippen LogP contribution in [-0.4, -0.2) is 35.1 Å². The molecule has 0 saturated carbocycles. The van der Waals surface area contributed by atoms with Gasteiger partial charge >= 0.3 is 0 Å². The first kappa shape index (κ1) is 16.6. The average molecular weight is 353 g/mol. The Morgan fingerprint density at radius 3 is 2.62 bits per heavy atom. The molecule has 7 heteroatoms. The van der Waals surface area contributed by atoms with Crippen LogP contribution in [0.5, 0.6) is 11.5 Å². The van der Waals surface area contributed by atoms with E-state index >= 15 is 0 Å². The van der Waals surface area contributed by atoms with Crippen molar-refractivity contribution >= 4 is 11.8 Å². The Labute approximate surface area is 150 Å². The molecule has 3 atom stereocenters. The molecule has 4 rings (SSSR count). The van der Waals surface area contributed by atoms with Crippen LogP contribution < -0.4 is 15.5 Å². The number of nitrogens with zero attached hydrogens (tertiary/aromatic N) is 1. The van der Waals surface area contributed by atoms with Crippen molar-refractivity contribution in [3.8, 4) is 11.5 Å². The maximum Gasteiger partial charge on any atom is 0.246 e. The molecule has 2 amide bonds. The van der Waals surface area contributed by atoms with Crippen molar-refractivity contribution < 1.29 is 19.4 Å². The van der Waals surface area contributed by atoms with Crippen LogP contribution in [0.3, 0.4) is 0 Å². The normalized spacial score (nSPS) is 25.2. The van der Waals surface area contributed by atoms with E-state index in [0.29, 0.717) is 12.3 Å². The van der Waals surface area contributed by atoms with E-state index in [9.17, 15) is 14.7 Å². The molecule has 0 aliphatic carbocycles. The van der Waals surface area contributed by atoms with Crippen LogP contribution in [-0.2, 0) is 16.1 Å². The zero-order valence-corrected chi connectivity index (χ0v) is 14.2. The van der Waals surface area contributed by atoms with Crippen molar-refractivity contribution in [2.24, 2.45) is 5.92 Å².